The van der Waals surface area contributed by atoms with E-state index in [4.69, 9.17) is 14.2 Å². The lowest BCUT2D eigenvalue weighted by Gasteiger charge is -2.10. The first-order valence-electron chi connectivity index (χ1n) is 9.05. The summed E-state index contributed by atoms with van der Waals surface area (Å²) in [5.74, 6) is -1.86. The molecule has 9 heteroatoms. The van der Waals surface area contributed by atoms with Crippen LogP contribution in [0.3, 0.4) is 0 Å². The van der Waals surface area contributed by atoms with Crippen molar-refractivity contribution in [2.45, 2.75) is 6.10 Å². The second-order valence-corrected chi connectivity index (χ2v) is 6.26. The molecule has 31 heavy (non-hydrogen) atoms. The molecule has 0 fully saturated rings. The van der Waals surface area contributed by atoms with E-state index in [1.165, 1.54) is 49.6 Å². The van der Waals surface area contributed by atoms with Gasteiger partial charge in [-0.3, -0.25) is 0 Å². The van der Waals surface area contributed by atoms with Crippen molar-refractivity contribution in [3.8, 4) is 23.0 Å². The maximum atomic E-state index is 11.7. The number of aliphatic hydroxyl groups is 1. The van der Waals surface area contributed by atoms with E-state index in [9.17, 15) is 30.0 Å². The predicted molar refractivity (Wildman–Crippen MR) is 110 cm³/mol. The van der Waals surface area contributed by atoms with E-state index in [2.05, 4.69) is 0 Å². The van der Waals surface area contributed by atoms with Gasteiger partial charge in [0.05, 0.1) is 7.11 Å². The number of aliphatic hydroxyl groups excluding tert-OH is 1. The van der Waals surface area contributed by atoms with Crippen LogP contribution in [0.2, 0.25) is 0 Å². The number of ether oxygens (including phenoxy) is 3. The Balaban J connectivity index is 1.73. The molecule has 0 aliphatic rings. The fraction of sp³-hybridized carbons (Fsp3) is 0.182. The van der Waals surface area contributed by atoms with Gasteiger partial charge in [0, 0.05) is 12.2 Å². The quantitative estimate of drug-likeness (QED) is 0.267. The summed E-state index contributed by atoms with van der Waals surface area (Å²) < 4.78 is 14.7. The molecule has 0 spiro atoms. The maximum Gasteiger partial charge on any atom is 0.330 e. The molecule has 0 amide bonds. The Bertz CT molecular complexity index is 979. The fourth-order valence-corrected chi connectivity index (χ4v) is 2.27. The first-order chi connectivity index (χ1) is 14.8. The zero-order chi connectivity index (χ0) is 22.8. The highest BCUT2D eigenvalue weighted by Crippen LogP contribution is 2.27. The minimum absolute atomic E-state index is 0.0315. The largest absolute Gasteiger partial charge is 0.504 e. The van der Waals surface area contributed by atoms with Gasteiger partial charge in [-0.15, -0.1) is 0 Å². The topological polar surface area (TPSA) is 143 Å². The van der Waals surface area contributed by atoms with Gasteiger partial charge in [0.15, 0.2) is 23.0 Å². The van der Waals surface area contributed by atoms with Crippen molar-refractivity contribution < 1.29 is 44.2 Å². The summed E-state index contributed by atoms with van der Waals surface area (Å²) in [4.78, 5) is 23.4. The third-order valence-corrected chi connectivity index (χ3v) is 3.86. The molecular formula is C22H22O9. The Kier molecular flexibility index (Phi) is 8.47. The smallest absolute Gasteiger partial charge is 0.330 e. The zero-order valence-corrected chi connectivity index (χ0v) is 16.6. The number of carbonyl (C=O) groups is 2. The van der Waals surface area contributed by atoms with Gasteiger partial charge in [0.2, 0.25) is 0 Å². The first kappa shape index (κ1) is 23.3. The lowest BCUT2D eigenvalue weighted by molar-refractivity contribution is -0.146. The van der Waals surface area contributed by atoms with Crippen LogP contribution in [0.1, 0.15) is 11.1 Å². The van der Waals surface area contributed by atoms with Crippen LogP contribution in [0.15, 0.2) is 48.6 Å². The molecule has 1 unspecified atom stereocenters. The molecular weight excluding hydrogens is 408 g/mol. The zero-order valence-electron chi connectivity index (χ0n) is 16.6. The summed E-state index contributed by atoms with van der Waals surface area (Å²) in [6.45, 7) is -0.777. The summed E-state index contributed by atoms with van der Waals surface area (Å²) in [7, 11) is 1.40. The first-order valence-corrected chi connectivity index (χ1v) is 9.05. The highest BCUT2D eigenvalue weighted by Gasteiger charge is 2.10. The number of carbonyl (C=O) groups excluding carboxylic acids is 2. The van der Waals surface area contributed by atoms with Gasteiger partial charge >= 0.3 is 11.9 Å². The van der Waals surface area contributed by atoms with E-state index >= 15 is 0 Å². The van der Waals surface area contributed by atoms with Crippen LogP contribution in [0, 0.1) is 0 Å². The molecule has 9 nitrogen and oxygen atoms in total. The Morgan fingerprint density at radius 2 is 1.35 bits per heavy atom. The van der Waals surface area contributed by atoms with Crippen molar-refractivity contribution >= 4 is 24.1 Å². The van der Waals surface area contributed by atoms with Crippen molar-refractivity contribution in [2.75, 3.05) is 20.3 Å². The van der Waals surface area contributed by atoms with E-state index in [0.717, 1.165) is 12.2 Å². The molecule has 0 aromatic heterocycles. The van der Waals surface area contributed by atoms with Crippen LogP contribution in [-0.2, 0) is 19.1 Å². The second kappa shape index (κ2) is 11.3. The van der Waals surface area contributed by atoms with Crippen LogP contribution < -0.4 is 4.74 Å². The second-order valence-electron chi connectivity index (χ2n) is 6.26. The summed E-state index contributed by atoms with van der Waals surface area (Å²) in [6, 6.07) is 8.53. The number of phenols is 3. The third kappa shape index (κ3) is 7.75. The van der Waals surface area contributed by atoms with Gasteiger partial charge in [-0.05, 0) is 47.5 Å². The number of benzene rings is 2. The van der Waals surface area contributed by atoms with Gasteiger partial charge < -0.3 is 34.6 Å². The summed E-state index contributed by atoms with van der Waals surface area (Å²) in [6.07, 6.45) is 3.81. The number of rotatable bonds is 9. The molecule has 1 atom stereocenters. The monoisotopic (exact) mass is 430 g/mol. The lowest BCUT2D eigenvalue weighted by Crippen LogP contribution is -2.24. The van der Waals surface area contributed by atoms with Gasteiger partial charge in [0.25, 0.3) is 0 Å². The highest BCUT2D eigenvalue weighted by atomic mass is 16.6. The molecule has 0 aliphatic heterocycles. The summed E-state index contributed by atoms with van der Waals surface area (Å²) in [5, 5.41) is 37.9. The van der Waals surface area contributed by atoms with E-state index in [1.54, 1.807) is 6.07 Å². The van der Waals surface area contributed by atoms with Crippen LogP contribution >= 0.6 is 0 Å². The molecule has 164 valence electrons. The molecule has 0 saturated heterocycles. The minimum atomic E-state index is -1.22. The third-order valence-electron chi connectivity index (χ3n) is 3.86. The average Bonchev–Trinajstić information content (AvgIpc) is 2.76. The number of aromatic hydroxyl groups is 3. The van der Waals surface area contributed by atoms with Crippen LogP contribution in [0.5, 0.6) is 23.0 Å². The summed E-state index contributed by atoms with van der Waals surface area (Å²) >= 11 is 0. The minimum Gasteiger partial charge on any atom is -0.504 e. The molecule has 4 N–H and O–H groups in total. The van der Waals surface area contributed by atoms with Crippen molar-refractivity contribution in [1.29, 1.82) is 0 Å². The standard InChI is InChI=1S/C22H22O9/c1-29-20-11-15(3-7-18(20)25)5-9-22(28)31-13-16(23)12-30-21(27)8-4-14-2-6-17(24)19(26)10-14/h2-11,16,23-26H,12-13H2,1H3/b8-4+,9-5+. The molecule has 0 saturated carbocycles. The van der Waals surface area contributed by atoms with E-state index in [1.807, 2.05) is 0 Å². The summed E-state index contributed by atoms with van der Waals surface area (Å²) in [5.41, 5.74) is 1.05. The Hall–Kier alpha value is -3.98. The number of esters is 2. The number of phenolic OH excluding ortho intramolecular Hbond substituents is 3. The molecule has 2 aromatic rings. The Morgan fingerprint density at radius 3 is 1.87 bits per heavy atom. The van der Waals surface area contributed by atoms with Crippen molar-refractivity contribution in [3.63, 3.8) is 0 Å². The molecule has 0 radical (unpaired) electrons. The molecule has 2 rings (SSSR count). The fourth-order valence-electron chi connectivity index (χ4n) is 2.27. The Labute approximate surface area is 178 Å². The SMILES string of the molecule is COc1cc(/C=C/C(=O)OCC(O)COC(=O)/C=C/c2ccc(O)c(O)c2)ccc1O. The maximum absolute atomic E-state index is 11.7. The number of methoxy groups -OCH3 is 1. The normalized spacial score (nSPS) is 12.1. The van der Waals surface area contributed by atoms with E-state index in [0.29, 0.717) is 11.1 Å². The van der Waals surface area contributed by atoms with Crippen LogP contribution in [0.4, 0.5) is 0 Å². The molecule has 0 bridgehead atoms. The number of hydrogen-bond acceptors (Lipinski definition) is 9. The van der Waals surface area contributed by atoms with Gasteiger partial charge in [-0.2, -0.15) is 0 Å². The van der Waals surface area contributed by atoms with Crippen molar-refractivity contribution in [2.24, 2.45) is 0 Å². The lowest BCUT2D eigenvalue weighted by atomic mass is 10.2. The van der Waals surface area contributed by atoms with Crippen molar-refractivity contribution in [3.05, 3.63) is 59.7 Å². The Morgan fingerprint density at radius 1 is 0.839 bits per heavy atom. The van der Waals surface area contributed by atoms with Gasteiger partial charge in [0.1, 0.15) is 19.3 Å². The predicted octanol–water partition coefficient (Wildman–Crippen LogP) is 1.99. The van der Waals surface area contributed by atoms with E-state index in [-0.39, 0.29) is 29.6 Å². The van der Waals surface area contributed by atoms with Gasteiger partial charge in [-0.1, -0.05) is 12.1 Å². The van der Waals surface area contributed by atoms with E-state index < -0.39 is 24.6 Å². The van der Waals surface area contributed by atoms with Crippen LogP contribution in [-0.4, -0.2) is 58.8 Å². The molecule has 0 heterocycles. The number of hydrogen-bond donors (Lipinski definition) is 4. The highest BCUT2D eigenvalue weighted by molar-refractivity contribution is 5.87. The average molecular weight is 430 g/mol. The molecule has 2 aromatic carbocycles. The van der Waals surface area contributed by atoms with Gasteiger partial charge in [-0.25, -0.2) is 9.59 Å². The molecule has 0 aliphatic carbocycles. The van der Waals surface area contributed by atoms with Crippen LogP contribution in [0.25, 0.3) is 12.2 Å². The van der Waals surface area contributed by atoms with Crippen molar-refractivity contribution in [1.82, 2.24) is 0 Å².